The highest BCUT2D eigenvalue weighted by Gasteiger charge is 2.14. The predicted octanol–water partition coefficient (Wildman–Crippen LogP) is 4.33. The van der Waals surface area contributed by atoms with Crippen molar-refractivity contribution < 1.29 is 0 Å². The van der Waals surface area contributed by atoms with Crippen LogP contribution in [0.1, 0.15) is 23.7 Å². The van der Waals surface area contributed by atoms with Crippen LogP contribution < -0.4 is 9.80 Å². The zero-order valence-corrected chi connectivity index (χ0v) is 16.6. The number of pyridine rings is 1. The lowest BCUT2D eigenvalue weighted by atomic mass is 10.2. The number of hydrogen-bond donors (Lipinski definition) is 0. The van der Waals surface area contributed by atoms with Gasteiger partial charge in [0, 0.05) is 50.0 Å². The van der Waals surface area contributed by atoms with E-state index in [0.29, 0.717) is 0 Å². The number of rotatable bonds is 7. The predicted molar refractivity (Wildman–Crippen MR) is 112 cm³/mol. The summed E-state index contributed by atoms with van der Waals surface area (Å²) in [6.45, 7) is 7.95. The van der Waals surface area contributed by atoms with Gasteiger partial charge in [-0.1, -0.05) is 12.1 Å². The quantitative estimate of drug-likeness (QED) is 0.627. The minimum atomic E-state index is 0.744. The van der Waals surface area contributed by atoms with Crippen molar-refractivity contribution in [3.05, 3.63) is 71.7 Å². The standard InChI is InChI=1S/C22H27N5/c1-5-27(20-8-6-7-17(2)15-20)22-24-18(3)16-21(25-22)26(4)14-11-19-9-12-23-13-10-19/h6-10,12-13,15-16H,5,11,14H2,1-4H3. The molecule has 5 nitrogen and oxygen atoms in total. The SMILES string of the molecule is CCN(c1cccc(C)c1)c1nc(C)cc(N(C)CCc2ccncc2)n1. The third-order valence-corrected chi connectivity index (χ3v) is 4.58. The maximum Gasteiger partial charge on any atom is 0.232 e. The first-order chi connectivity index (χ1) is 13.1. The zero-order chi connectivity index (χ0) is 19.2. The molecule has 140 valence electrons. The molecule has 2 heterocycles. The summed E-state index contributed by atoms with van der Waals surface area (Å²) in [4.78, 5) is 18.0. The number of aromatic nitrogens is 3. The van der Waals surface area contributed by atoms with E-state index in [2.05, 4.69) is 72.1 Å². The summed E-state index contributed by atoms with van der Waals surface area (Å²) < 4.78 is 0. The molecular weight excluding hydrogens is 334 g/mol. The Kier molecular flexibility index (Phi) is 6.01. The molecule has 0 spiro atoms. The van der Waals surface area contributed by atoms with Crippen LogP contribution in [0.5, 0.6) is 0 Å². The third-order valence-electron chi connectivity index (χ3n) is 4.58. The van der Waals surface area contributed by atoms with E-state index in [-0.39, 0.29) is 0 Å². The van der Waals surface area contributed by atoms with Gasteiger partial charge < -0.3 is 9.80 Å². The van der Waals surface area contributed by atoms with Crippen molar-refractivity contribution >= 4 is 17.5 Å². The lowest BCUT2D eigenvalue weighted by Gasteiger charge is -2.24. The molecule has 27 heavy (non-hydrogen) atoms. The molecule has 0 amide bonds. The van der Waals surface area contributed by atoms with Gasteiger partial charge in [0.15, 0.2) is 0 Å². The fourth-order valence-corrected chi connectivity index (χ4v) is 3.05. The summed E-state index contributed by atoms with van der Waals surface area (Å²) in [5.41, 5.74) is 4.59. The van der Waals surface area contributed by atoms with Crippen LogP contribution in [0.25, 0.3) is 0 Å². The van der Waals surface area contributed by atoms with Gasteiger partial charge in [0.2, 0.25) is 5.95 Å². The lowest BCUT2D eigenvalue weighted by Crippen LogP contribution is -2.24. The van der Waals surface area contributed by atoms with Crippen LogP contribution in [0, 0.1) is 13.8 Å². The number of anilines is 3. The van der Waals surface area contributed by atoms with Crippen LogP contribution >= 0.6 is 0 Å². The summed E-state index contributed by atoms with van der Waals surface area (Å²) in [5.74, 6) is 1.69. The molecule has 3 aromatic rings. The molecule has 0 fully saturated rings. The van der Waals surface area contributed by atoms with Crippen LogP contribution in [0.2, 0.25) is 0 Å². The third kappa shape index (κ3) is 4.82. The first-order valence-corrected chi connectivity index (χ1v) is 9.36. The Bertz CT molecular complexity index is 879. The molecule has 1 aromatic carbocycles. The molecule has 0 aliphatic rings. The monoisotopic (exact) mass is 361 g/mol. The van der Waals surface area contributed by atoms with Gasteiger partial charge in [-0.3, -0.25) is 4.98 Å². The van der Waals surface area contributed by atoms with Crippen LogP contribution in [-0.2, 0) is 6.42 Å². The molecule has 3 rings (SSSR count). The molecule has 0 N–H and O–H groups in total. The Hall–Kier alpha value is -2.95. The van der Waals surface area contributed by atoms with Crippen molar-refractivity contribution in [1.29, 1.82) is 0 Å². The number of benzene rings is 1. The summed E-state index contributed by atoms with van der Waals surface area (Å²) in [6.07, 6.45) is 4.62. The number of nitrogens with zero attached hydrogens (tertiary/aromatic N) is 5. The van der Waals surface area contributed by atoms with Gasteiger partial charge in [-0.15, -0.1) is 0 Å². The highest BCUT2D eigenvalue weighted by Crippen LogP contribution is 2.25. The van der Waals surface area contributed by atoms with Crippen LogP contribution in [-0.4, -0.2) is 35.1 Å². The van der Waals surface area contributed by atoms with E-state index >= 15 is 0 Å². The van der Waals surface area contributed by atoms with Crippen LogP contribution in [0.15, 0.2) is 54.9 Å². The smallest absolute Gasteiger partial charge is 0.232 e. The minimum Gasteiger partial charge on any atom is -0.359 e. The van der Waals surface area contributed by atoms with Gasteiger partial charge in [-0.2, -0.15) is 4.98 Å². The molecule has 0 bridgehead atoms. The zero-order valence-electron chi connectivity index (χ0n) is 16.6. The van der Waals surface area contributed by atoms with Crippen molar-refractivity contribution in [3.63, 3.8) is 0 Å². The summed E-state index contributed by atoms with van der Waals surface area (Å²) in [5, 5.41) is 0. The molecule has 0 aliphatic carbocycles. The molecule has 0 saturated carbocycles. The average molecular weight is 361 g/mol. The molecule has 0 radical (unpaired) electrons. The van der Waals surface area contributed by atoms with Gasteiger partial charge >= 0.3 is 0 Å². The molecule has 2 aromatic heterocycles. The normalized spacial score (nSPS) is 10.7. The average Bonchev–Trinajstić information content (AvgIpc) is 2.67. The highest BCUT2D eigenvalue weighted by atomic mass is 15.3. The highest BCUT2D eigenvalue weighted by molar-refractivity contribution is 5.59. The second-order valence-corrected chi connectivity index (χ2v) is 6.78. The molecular formula is C22H27N5. The Balaban J connectivity index is 1.82. The van der Waals surface area contributed by atoms with Gasteiger partial charge in [0.25, 0.3) is 0 Å². The Labute approximate surface area is 161 Å². The fourth-order valence-electron chi connectivity index (χ4n) is 3.05. The fraction of sp³-hybridized carbons (Fsp3) is 0.318. The van der Waals surface area contributed by atoms with Gasteiger partial charge in [-0.05, 0) is 62.6 Å². The second-order valence-electron chi connectivity index (χ2n) is 6.78. The van der Waals surface area contributed by atoms with E-state index < -0.39 is 0 Å². The van der Waals surface area contributed by atoms with E-state index in [1.807, 2.05) is 25.4 Å². The molecule has 0 aliphatic heterocycles. The van der Waals surface area contributed by atoms with E-state index in [4.69, 9.17) is 9.97 Å². The molecule has 0 saturated heterocycles. The molecule has 0 unspecified atom stereocenters. The molecule has 5 heteroatoms. The summed E-state index contributed by atoms with van der Waals surface area (Å²) in [6, 6.07) is 14.6. The van der Waals surface area contributed by atoms with Crippen molar-refractivity contribution in [2.24, 2.45) is 0 Å². The van der Waals surface area contributed by atoms with E-state index in [9.17, 15) is 0 Å². The van der Waals surface area contributed by atoms with Crippen LogP contribution in [0.3, 0.4) is 0 Å². The van der Waals surface area contributed by atoms with Gasteiger partial charge in [-0.25, -0.2) is 4.98 Å². The van der Waals surface area contributed by atoms with E-state index in [1.54, 1.807) is 0 Å². The van der Waals surface area contributed by atoms with E-state index in [1.165, 1.54) is 11.1 Å². The van der Waals surface area contributed by atoms with Gasteiger partial charge in [0.1, 0.15) is 5.82 Å². The summed E-state index contributed by atoms with van der Waals surface area (Å²) >= 11 is 0. The maximum atomic E-state index is 4.85. The first kappa shape index (κ1) is 18.8. The van der Waals surface area contributed by atoms with Gasteiger partial charge in [0.05, 0.1) is 0 Å². The van der Waals surface area contributed by atoms with Crippen molar-refractivity contribution in [2.75, 3.05) is 29.9 Å². The van der Waals surface area contributed by atoms with Crippen molar-refractivity contribution in [1.82, 2.24) is 15.0 Å². The van der Waals surface area contributed by atoms with Crippen molar-refractivity contribution in [3.8, 4) is 0 Å². The first-order valence-electron chi connectivity index (χ1n) is 9.36. The van der Waals surface area contributed by atoms with E-state index in [0.717, 1.165) is 42.7 Å². The topological polar surface area (TPSA) is 45.2 Å². The number of aryl methyl sites for hydroxylation is 2. The lowest BCUT2D eigenvalue weighted by molar-refractivity contribution is 0.842. The Morgan fingerprint density at radius 1 is 0.963 bits per heavy atom. The Morgan fingerprint density at radius 2 is 1.74 bits per heavy atom. The molecule has 0 atom stereocenters. The van der Waals surface area contributed by atoms with Crippen LogP contribution in [0.4, 0.5) is 17.5 Å². The maximum absolute atomic E-state index is 4.85. The second kappa shape index (κ2) is 8.62. The Morgan fingerprint density at radius 3 is 2.44 bits per heavy atom. The largest absolute Gasteiger partial charge is 0.359 e. The summed E-state index contributed by atoms with van der Waals surface area (Å²) in [7, 11) is 2.08. The number of likely N-dealkylation sites (N-methyl/N-ethyl adjacent to an activating group) is 1. The minimum absolute atomic E-state index is 0.744. The number of hydrogen-bond acceptors (Lipinski definition) is 5. The van der Waals surface area contributed by atoms with Crippen molar-refractivity contribution in [2.45, 2.75) is 27.2 Å².